The highest BCUT2D eigenvalue weighted by atomic mass is 14.9. The van der Waals surface area contributed by atoms with Gasteiger partial charge in [0.05, 0.1) is 0 Å². The average molecular weight is 275 g/mol. The third kappa shape index (κ3) is 4.02. The maximum absolute atomic E-state index is 6.02. The van der Waals surface area contributed by atoms with Crippen molar-refractivity contribution in [3.63, 3.8) is 0 Å². The van der Waals surface area contributed by atoms with Gasteiger partial charge < -0.3 is 5.73 Å². The van der Waals surface area contributed by atoms with Gasteiger partial charge in [-0.2, -0.15) is 0 Å². The summed E-state index contributed by atoms with van der Waals surface area (Å²) in [7, 11) is 0. The molecule has 1 fully saturated rings. The van der Waals surface area contributed by atoms with Crippen molar-refractivity contribution in [3.8, 4) is 0 Å². The molecule has 2 rings (SSSR count). The lowest BCUT2D eigenvalue weighted by Crippen LogP contribution is -2.23. The molecule has 0 radical (unpaired) electrons. The third-order valence-electron chi connectivity index (χ3n) is 4.81. The normalized spacial score (nSPS) is 24.9. The first-order chi connectivity index (χ1) is 9.60. The van der Waals surface area contributed by atoms with Gasteiger partial charge in [0.1, 0.15) is 5.82 Å². The first-order valence-electron chi connectivity index (χ1n) is 8.17. The highest BCUT2D eigenvalue weighted by molar-refractivity contribution is 5.08. The van der Waals surface area contributed by atoms with Gasteiger partial charge in [0.2, 0.25) is 0 Å². The predicted molar refractivity (Wildman–Crippen MR) is 83.5 cm³/mol. The molecule has 0 aliphatic heterocycles. The minimum absolute atomic E-state index is 0.217. The molecule has 3 nitrogen and oxygen atoms in total. The second-order valence-electron chi connectivity index (χ2n) is 6.63. The fourth-order valence-electron chi connectivity index (χ4n) is 3.18. The SMILES string of the molecule is CCC(N)Cc1ccnc(C2CCC(C(C)C)CC2)n1. The summed E-state index contributed by atoms with van der Waals surface area (Å²) in [6, 6.07) is 2.23. The van der Waals surface area contributed by atoms with Crippen LogP contribution in [0.5, 0.6) is 0 Å². The van der Waals surface area contributed by atoms with Crippen molar-refractivity contribution in [2.24, 2.45) is 17.6 Å². The van der Waals surface area contributed by atoms with E-state index in [1.165, 1.54) is 25.7 Å². The molecule has 3 heteroatoms. The maximum Gasteiger partial charge on any atom is 0.131 e. The van der Waals surface area contributed by atoms with Crippen LogP contribution in [0.3, 0.4) is 0 Å². The molecule has 0 spiro atoms. The summed E-state index contributed by atoms with van der Waals surface area (Å²) in [6.45, 7) is 6.81. The zero-order valence-corrected chi connectivity index (χ0v) is 13.2. The lowest BCUT2D eigenvalue weighted by atomic mass is 9.76. The van der Waals surface area contributed by atoms with Crippen molar-refractivity contribution >= 4 is 0 Å². The molecule has 1 aromatic heterocycles. The summed E-state index contributed by atoms with van der Waals surface area (Å²) < 4.78 is 0. The minimum atomic E-state index is 0.217. The Hall–Kier alpha value is -0.960. The first-order valence-corrected chi connectivity index (χ1v) is 8.17. The minimum Gasteiger partial charge on any atom is -0.327 e. The van der Waals surface area contributed by atoms with Gasteiger partial charge in [-0.25, -0.2) is 9.97 Å². The van der Waals surface area contributed by atoms with E-state index in [4.69, 9.17) is 10.7 Å². The van der Waals surface area contributed by atoms with Crippen LogP contribution in [0, 0.1) is 11.8 Å². The topological polar surface area (TPSA) is 51.8 Å². The molecular formula is C17H29N3. The quantitative estimate of drug-likeness (QED) is 0.891. The molecular weight excluding hydrogens is 246 g/mol. The van der Waals surface area contributed by atoms with E-state index in [0.29, 0.717) is 5.92 Å². The van der Waals surface area contributed by atoms with Gasteiger partial charge in [0.15, 0.2) is 0 Å². The van der Waals surface area contributed by atoms with Gasteiger partial charge in [-0.05, 0) is 50.0 Å². The third-order valence-corrected chi connectivity index (χ3v) is 4.81. The van der Waals surface area contributed by atoms with E-state index >= 15 is 0 Å². The van der Waals surface area contributed by atoms with Gasteiger partial charge in [-0.1, -0.05) is 20.8 Å². The van der Waals surface area contributed by atoms with Gasteiger partial charge in [-0.3, -0.25) is 0 Å². The highest BCUT2D eigenvalue weighted by Crippen LogP contribution is 2.37. The molecule has 2 N–H and O–H groups in total. The second kappa shape index (κ2) is 7.16. The molecule has 20 heavy (non-hydrogen) atoms. The zero-order valence-electron chi connectivity index (χ0n) is 13.2. The molecule has 0 bridgehead atoms. The van der Waals surface area contributed by atoms with Crippen molar-refractivity contribution in [2.45, 2.75) is 71.3 Å². The van der Waals surface area contributed by atoms with Gasteiger partial charge in [-0.15, -0.1) is 0 Å². The molecule has 112 valence electrons. The molecule has 1 saturated carbocycles. The van der Waals surface area contributed by atoms with Crippen molar-refractivity contribution < 1.29 is 0 Å². The predicted octanol–water partition coefficient (Wildman–Crippen LogP) is 3.69. The first kappa shape index (κ1) is 15.4. The molecule has 1 atom stereocenters. The van der Waals surface area contributed by atoms with Crippen LogP contribution in [-0.2, 0) is 6.42 Å². The summed E-state index contributed by atoms with van der Waals surface area (Å²) in [5.41, 5.74) is 7.13. The van der Waals surface area contributed by atoms with Crippen molar-refractivity contribution in [1.82, 2.24) is 9.97 Å². The van der Waals surface area contributed by atoms with Gasteiger partial charge in [0.25, 0.3) is 0 Å². The zero-order chi connectivity index (χ0) is 14.5. The number of nitrogens with zero attached hydrogens (tertiary/aromatic N) is 2. The Bertz CT molecular complexity index is 408. The van der Waals surface area contributed by atoms with Crippen LogP contribution in [0.4, 0.5) is 0 Å². The van der Waals surface area contributed by atoms with Gasteiger partial charge >= 0.3 is 0 Å². The summed E-state index contributed by atoms with van der Waals surface area (Å²) in [6.07, 6.45) is 8.91. The van der Waals surface area contributed by atoms with E-state index in [-0.39, 0.29) is 6.04 Å². The molecule has 1 aromatic rings. The van der Waals surface area contributed by atoms with Crippen molar-refractivity contribution in [3.05, 3.63) is 23.8 Å². The molecule has 0 amide bonds. The average Bonchev–Trinajstić information content (AvgIpc) is 2.47. The molecule has 1 aliphatic carbocycles. The smallest absolute Gasteiger partial charge is 0.131 e. The number of rotatable bonds is 5. The Balaban J connectivity index is 1.98. The van der Waals surface area contributed by atoms with Crippen molar-refractivity contribution in [1.29, 1.82) is 0 Å². The molecule has 0 aromatic carbocycles. The van der Waals surface area contributed by atoms with Crippen LogP contribution in [0.2, 0.25) is 0 Å². The summed E-state index contributed by atoms with van der Waals surface area (Å²) >= 11 is 0. The summed E-state index contributed by atoms with van der Waals surface area (Å²) in [4.78, 5) is 9.28. The Morgan fingerprint density at radius 2 is 1.95 bits per heavy atom. The Morgan fingerprint density at radius 1 is 1.25 bits per heavy atom. The fourth-order valence-corrected chi connectivity index (χ4v) is 3.18. The van der Waals surface area contributed by atoms with E-state index in [1.807, 2.05) is 12.3 Å². The fraction of sp³-hybridized carbons (Fsp3) is 0.765. The largest absolute Gasteiger partial charge is 0.327 e. The van der Waals surface area contributed by atoms with Crippen LogP contribution in [-0.4, -0.2) is 16.0 Å². The molecule has 1 heterocycles. The Kier molecular flexibility index (Phi) is 5.53. The van der Waals surface area contributed by atoms with Crippen LogP contribution in [0.15, 0.2) is 12.3 Å². The van der Waals surface area contributed by atoms with Crippen LogP contribution in [0.25, 0.3) is 0 Å². The van der Waals surface area contributed by atoms with E-state index in [9.17, 15) is 0 Å². The lowest BCUT2D eigenvalue weighted by Gasteiger charge is -2.30. The molecule has 0 saturated heterocycles. The van der Waals surface area contributed by atoms with E-state index < -0.39 is 0 Å². The number of aromatic nitrogens is 2. The summed E-state index contributed by atoms with van der Waals surface area (Å²) in [5.74, 6) is 3.31. The molecule has 1 unspecified atom stereocenters. The van der Waals surface area contributed by atoms with E-state index in [2.05, 4.69) is 25.8 Å². The number of hydrogen-bond acceptors (Lipinski definition) is 3. The Labute approximate surface area is 123 Å². The Morgan fingerprint density at radius 3 is 2.55 bits per heavy atom. The van der Waals surface area contributed by atoms with Gasteiger partial charge in [0, 0.05) is 30.3 Å². The number of nitrogens with two attached hydrogens (primary N) is 1. The van der Waals surface area contributed by atoms with Crippen LogP contribution >= 0.6 is 0 Å². The number of hydrogen-bond donors (Lipinski definition) is 1. The molecule has 1 aliphatic rings. The van der Waals surface area contributed by atoms with Crippen molar-refractivity contribution in [2.75, 3.05) is 0 Å². The van der Waals surface area contributed by atoms with Crippen LogP contribution in [0.1, 0.15) is 70.3 Å². The lowest BCUT2D eigenvalue weighted by molar-refractivity contribution is 0.254. The van der Waals surface area contributed by atoms with E-state index in [0.717, 1.165) is 36.2 Å². The highest BCUT2D eigenvalue weighted by Gasteiger charge is 2.25. The summed E-state index contributed by atoms with van der Waals surface area (Å²) in [5, 5.41) is 0. The van der Waals surface area contributed by atoms with Crippen LogP contribution < -0.4 is 5.73 Å². The maximum atomic E-state index is 6.02. The van der Waals surface area contributed by atoms with E-state index in [1.54, 1.807) is 0 Å². The second-order valence-corrected chi connectivity index (χ2v) is 6.63. The monoisotopic (exact) mass is 275 g/mol. The standard InChI is InChI=1S/C17H29N3/c1-4-15(18)11-16-9-10-19-17(20-16)14-7-5-13(6-8-14)12(2)3/h9-10,12-15H,4-8,11,18H2,1-3H3.